The summed E-state index contributed by atoms with van der Waals surface area (Å²) in [6.07, 6.45) is -0.545. The molecule has 2 aromatic carbocycles. The fourth-order valence-corrected chi connectivity index (χ4v) is 3.90. The van der Waals surface area contributed by atoms with Gasteiger partial charge in [0.15, 0.2) is 29.2 Å². The number of hydrazine groups is 1. The van der Waals surface area contributed by atoms with Crippen LogP contribution in [0.15, 0.2) is 30.3 Å². The summed E-state index contributed by atoms with van der Waals surface area (Å²) in [5.41, 5.74) is 12.3. The zero-order valence-corrected chi connectivity index (χ0v) is 16.4. The third-order valence-electron chi connectivity index (χ3n) is 5.20. The van der Waals surface area contributed by atoms with Gasteiger partial charge in [0.2, 0.25) is 6.79 Å². The first-order chi connectivity index (χ1) is 14.0. The minimum Gasteiger partial charge on any atom is -0.493 e. The lowest BCUT2D eigenvalue weighted by molar-refractivity contribution is 0.0687. The molecule has 0 fully saturated rings. The SMILES string of the molecule is COc1cccc([C@@H]2c3cc4c(cc3O[C@H](NNC(N)=O)[C@H]2C)OCO4)c1OC. The molecule has 0 aliphatic carbocycles. The highest BCUT2D eigenvalue weighted by Crippen LogP contribution is 2.51. The van der Waals surface area contributed by atoms with Crippen molar-refractivity contribution >= 4 is 6.03 Å². The van der Waals surface area contributed by atoms with E-state index in [4.69, 9.17) is 29.4 Å². The number of urea groups is 1. The molecule has 0 saturated heterocycles. The molecule has 4 N–H and O–H groups in total. The summed E-state index contributed by atoms with van der Waals surface area (Å²) < 4.78 is 28.3. The number of methoxy groups -OCH3 is 2. The van der Waals surface area contributed by atoms with Crippen LogP contribution < -0.4 is 40.3 Å². The summed E-state index contributed by atoms with van der Waals surface area (Å²) in [6.45, 7) is 2.17. The molecule has 29 heavy (non-hydrogen) atoms. The van der Waals surface area contributed by atoms with Crippen LogP contribution in [0.4, 0.5) is 4.79 Å². The van der Waals surface area contributed by atoms with Gasteiger partial charge in [-0.25, -0.2) is 4.79 Å². The second-order valence-electron chi connectivity index (χ2n) is 6.83. The molecule has 2 aliphatic heterocycles. The van der Waals surface area contributed by atoms with E-state index in [1.54, 1.807) is 20.3 Å². The lowest BCUT2D eigenvalue weighted by Gasteiger charge is -2.38. The Morgan fingerprint density at radius 2 is 1.86 bits per heavy atom. The van der Waals surface area contributed by atoms with Crippen LogP contribution >= 0.6 is 0 Å². The highest BCUT2D eigenvalue weighted by atomic mass is 16.7. The molecule has 4 rings (SSSR count). The molecule has 154 valence electrons. The predicted octanol–water partition coefficient (Wildman–Crippen LogP) is 2.09. The number of amides is 2. The lowest BCUT2D eigenvalue weighted by Crippen LogP contribution is -2.54. The molecule has 0 aromatic heterocycles. The minimum absolute atomic E-state index is 0.115. The Morgan fingerprint density at radius 3 is 2.55 bits per heavy atom. The highest BCUT2D eigenvalue weighted by Gasteiger charge is 2.40. The van der Waals surface area contributed by atoms with E-state index in [1.165, 1.54) is 0 Å². The number of hydrogen-bond acceptors (Lipinski definition) is 7. The van der Waals surface area contributed by atoms with Crippen molar-refractivity contribution in [3.05, 3.63) is 41.5 Å². The lowest BCUT2D eigenvalue weighted by atomic mass is 9.78. The summed E-state index contributed by atoms with van der Waals surface area (Å²) in [4.78, 5) is 11.2. The Bertz CT molecular complexity index is 935. The van der Waals surface area contributed by atoms with E-state index in [1.807, 2.05) is 31.2 Å². The standard InChI is InChI=1S/C20H23N3O6/c1-10-17(11-5-4-6-13(25-2)18(11)26-3)12-7-15-16(28-9-27-15)8-14(12)29-19(10)22-23-20(21)24/h4-8,10,17,19,22H,9H2,1-3H3,(H3,21,23,24)/t10-,17+,19-/m0/s1. The third kappa shape index (κ3) is 3.33. The fourth-order valence-electron chi connectivity index (χ4n) is 3.90. The van der Waals surface area contributed by atoms with E-state index in [0.29, 0.717) is 28.7 Å². The van der Waals surface area contributed by atoms with Gasteiger partial charge < -0.3 is 29.4 Å². The molecule has 0 spiro atoms. The van der Waals surface area contributed by atoms with Crippen molar-refractivity contribution in [2.75, 3.05) is 21.0 Å². The van der Waals surface area contributed by atoms with E-state index in [9.17, 15) is 4.79 Å². The Morgan fingerprint density at radius 1 is 1.10 bits per heavy atom. The maximum absolute atomic E-state index is 11.2. The smallest absolute Gasteiger partial charge is 0.326 e. The fraction of sp³-hybridized carbons (Fsp3) is 0.350. The Balaban J connectivity index is 1.84. The van der Waals surface area contributed by atoms with Crippen LogP contribution in [0.5, 0.6) is 28.7 Å². The number of ether oxygens (including phenoxy) is 5. The average molecular weight is 401 g/mol. The number of nitrogens with two attached hydrogens (primary N) is 1. The first-order valence-corrected chi connectivity index (χ1v) is 9.15. The monoisotopic (exact) mass is 401 g/mol. The number of rotatable bonds is 5. The van der Waals surface area contributed by atoms with Gasteiger partial charge in [0.05, 0.1) is 14.2 Å². The van der Waals surface area contributed by atoms with Crippen molar-refractivity contribution in [3.63, 3.8) is 0 Å². The molecule has 2 heterocycles. The largest absolute Gasteiger partial charge is 0.493 e. The molecule has 0 radical (unpaired) electrons. The van der Waals surface area contributed by atoms with Gasteiger partial charge in [-0.05, 0) is 12.1 Å². The first kappa shape index (κ1) is 19.0. The number of benzene rings is 2. The van der Waals surface area contributed by atoms with Crippen LogP contribution in [0.3, 0.4) is 0 Å². The minimum atomic E-state index is -0.701. The van der Waals surface area contributed by atoms with Crippen molar-refractivity contribution in [2.24, 2.45) is 11.7 Å². The van der Waals surface area contributed by atoms with E-state index in [0.717, 1.165) is 11.1 Å². The van der Waals surface area contributed by atoms with E-state index >= 15 is 0 Å². The van der Waals surface area contributed by atoms with Crippen molar-refractivity contribution in [2.45, 2.75) is 19.1 Å². The normalized spacial score (nSPS) is 21.7. The van der Waals surface area contributed by atoms with Gasteiger partial charge in [-0.3, -0.25) is 5.43 Å². The second kappa shape index (κ2) is 7.59. The van der Waals surface area contributed by atoms with Crippen molar-refractivity contribution in [1.29, 1.82) is 0 Å². The van der Waals surface area contributed by atoms with Crippen LogP contribution in [-0.2, 0) is 0 Å². The van der Waals surface area contributed by atoms with Crippen LogP contribution in [0.25, 0.3) is 0 Å². The highest BCUT2D eigenvalue weighted by molar-refractivity contribution is 5.71. The molecule has 0 unspecified atom stereocenters. The molecule has 9 heteroatoms. The van der Waals surface area contributed by atoms with Crippen molar-refractivity contribution < 1.29 is 28.5 Å². The molecule has 2 aliphatic rings. The quantitative estimate of drug-likeness (QED) is 0.658. The molecular weight excluding hydrogens is 378 g/mol. The number of carbonyl (C=O) groups is 1. The molecule has 0 saturated carbocycles. The number of carbonyl (C=O) groups excluding carboxylic acids is 1. The third-order valence-corrected chi connectivity index (χ3v) is 5.20. The van der Waals surface area contributed by atoms with Gasteiger partial charge in [0.1, 0.15) is 5.75 Å². The maximum atomic E-state index is 11.2. The average Bonchev–Trinajstić information content (AvgIpc) is 3.17. The molecule has 9 nitrogen and oxygen atoms in total. The number of hydrogen-bond donors (Lipinski definition) is 3. The van der Waals surface area contributed by atoms with E-state index in [-0.39, 0.29) is 18.6 Å². The summed E-state index contributed by atoms with van der Waals surface area (Å²) >= 11 is 0. The van der Waals surface area contributed by atoms with Crippen LogP contribution in [0.1, 0.15) is 24.0 Å². The number of fused-ring (bicyclic) bond motifs is 2. The molecule has 2 amide bonds. The van der Waals surface area contributed by atoms with Gasteiger partial charge in [0.25, 0.3) is 0 Å². The molecule has 0 bridgehead atoms. The van der Waals surface area contributed by atoms with Crippen LogP contribution in [-0.4, -0.2) is 33.3 Å². The first-order valence-electron chi connectivity index (χ1n) is 9.15. The van der Waals surface area contributed by atoms with E-state index < -0.39 is 12.3 Å². The van der Waals surface area contributed by atoms with Gasteiger partial charge in [-0.15, -0.1) is 0 Å². The predicted molar refractivity (Wildman–Crippen MR) is 103 cm³/mol. The Kier molecular flexibility index (Phi) is 4.98. The van der Waals surface area contributed by atoms with Gasteiger partial charge in [0, 0.05) is 29.0 Å². The van der Waals surface area contributed by atoms with Crippen LogP contribution in [0, 0.1) is 5.92 Å². The van der Waals surface area contributed by atoms with Gasteiger partial charge >= 0.3 is 6.03 Å². The molecule has 3 atom stereocenters. The van der Waals surface area contributed by atoms with Crippen molar-refractivity contribution in [1.82, 2.24) is 10.9 Å². The summed E-state index contributed by atoms with van der Waals surface area (Å²) in [5, 5.41) is 0. The Labute approximate surface area is 168 Å². The number of primary amides is 1. The summed E-state index contributed by atoms with van der Waals surface area (Å²) in [5.74, 6) is 2.89. The molecular formula is C20H23N3O6. The maximum Gasteiger partial charge on any atom is 0.326 e. The van der Waals surface area contributed by atoms with Crippen molar-refractivity contribution in [3.8, 4) is 28.7 Å². The van der Waals surface area contributed by atoms with E-state index in [2.05, 4.69) is 10.9 Å². The van der Waals surface area contributed by atoms with Gasteiger partial charge in [-0.2, -0.15) is 5.43 Å². The second-order valence-corrected chi connectivity index (χ2v) is 6.83. The topological polar surface area (TPSA) is 113 Å². The summed E-state index contributed by atoms with van der Waals surface area (Å²) in [7, 11) is 3.21. The zero-order valence-electron chi connectivity index (χ0n) is 16.4. The summed E-state index contributed by atoms with van der Waals surface area (Å²) in [6, 6.07) is 8.76. The van der Waals surface area contributed by atoms with Gasteiger partial charge in [-0.1, -0.05) is 19.1 Å². The zero-order chi connectivity index (χ0) is 20.5. The number of para-hydroxylation sites is 1. The van der Waals surface area contributed by atoms with Crippen LogP contribution in [0.2, 0.25) is 0 Å². The Hall–Kier alpha value is -3.33. The molecule has 2 aromatic rings. The number of nitrogens with one attached hydrogen (secondary N) is 2.